The lowest BCUT2D eigenvalue weighted by Crippen LogP contribution is -2.60. The molecule has 3 aliphatic rings. The summed E-state index contributed by atoms with van der Waals surface area (Å²) in [4.78, 5) is 25.6. The first-order valence-corrected chi connectivity index (χ1v) is 15.3. The van der Waals surface area contributed by atoms with Crippen molar-refractivity contribution >= 4 is 11.8 Å². The van der Waals surface area contributed by atoms with Crippen molar-refractivity contribution in [2.75, 3.05) is 6.61 Å². The molecule has 2 aromatic carbocycles. The number of rotatable bonds is 10. The number of phenolic OH excluding ortho intramolecular Hbond substituents is 2. The van der Waals surface area contributed by atoms with E-state index in [1.165, 1.54) is 18.2 Å². The molecule has 1 saturated carbocycles. The van der Waals surface area contributed by atoms with Gasteiger partial charge in [0.15, 0.2) is 5.78 Å². The Morgan fingerprint density at radius 3 is 2.50 bits per heavy atom. The fourth-order valence-corrected chi connectivity index (χ4v) is 6.40. The van der Waals surface area contributed by atoms with Crippen molar-refractivity contribution in [3.05, 3.63) is 59.7 Å². The van der Waals surface area contributed by atoms with Crippen LogP contribution in [0.15, 0.2) is 48.6 Å². The van der Waals surface area contributed by atoms with Crippen molar-refractivity contribution in [1.82, 2.24) is 0 Å². The van der Waals surface area contributed by atoms with Gasteiger partial charge in [0.2, 0.25) is 6.29 Å². The SMILES string of the molecule is C/C=C/C(O)C[C@@H]1[C@@H](CC(=O)OC[C@H]2O[C@@H](Oc3cc(O)c4c(c3)O[C@H](c3ccc(O)cc3)CC4=O)[C@H](O)[C@@H](O)[C@@H]2O)CC[C@@H]1O. The first kappa shape index (κ1) is 33.6. The van der Waals surface area contributed by atoms with E-state index in [0.29, 0.717) is 24.8 Å². The van der Waals surface area contributed by atoms with Gasteiger partial charge in [-0.1, -0.05) is 24.3 Å². The van der Waals surface area contributed by atoms with Gasteiger partial charge in [-0.3, -0.25) is 9.59 Å². The summed E-state index contributed by atoms with van der Waals surface area (Å²) in [5.41, 5.74) is 0.565. The highest BCUT2D eigenvalue weighted by atomic mass is 16.7. The third kappa shape index (κ3) is 7.46. The van der Waals surface area contributed by atoms with Crippen LogP contribution in [0.3, 0.4) is 0 Å². The lowest BCUT2D eigenvalue weighted by Gasteiger charge is -2.40. The molecule has 0 bridgehead atoms. The number of carbonyl (C=O) groups is 2. The molecule has 13 nitrogen and oxygen atoms in total. The molecule has 1 aliphatic carbocycles. The molecule has 1 saturated heterocycles. The Kier molecular flexibility index (Phi) is 10.5. The molecule has 250 valence electrons. The van der Waals surface area contributed by atoms with E-state index in [4.69, 9.17) is 18.9 Å². The van der Waals surface area contributed by atoms with Crippen LogP contribution in [0.2, 0.25) is 0 Å². The van der Waals surface area contributed by atoms with Crippen molar-refractivity contribution in [2.24, 2.45) is 11.8 Å². The van der Waals surface area contributed by atoms with Crippen molar-refractivity contribution in [2.45, 2.75) is 88.0 Å². The highest BCUT2D eigenvalue weighted by Crippen LogP contribution is 2.43. The van der Waals surface area contributed by atoms with Crippen LogP contribution >= 0.6 is 0 Å². The topological polar surface area (TPSA) is 213 Å². The normalized spacial score (nSPS) is 31.7. The molecule has 1 unspecified atom stereocenters. The molecule has 0 aromatic heterocycles. The number of Topliss-reactive ketones (excluding diaryl/α,β-unsaturated/α-hetero) is 1. The predicted molar refractivity (Wildman–Crippen MR) is 159 cm³/mol. The van der Waals surface area contributed by atoms with E-state index in [1.54, 1.807) is 31.2 Å². The minimum Gasteiger partial charge on any atom is -0.508 e. The minimum atomic E-state index is -1.74. The molecule has 0 spiro atoms. The number of esters is 1. The second kappa shape index (κ2) is 14.4. The number of allylic oxidation sites excluding steroid dienone is 1. The summed E-state index contributed by atoms with van der Waals surface area (Å²) in [6.07, 6.45) is -5.48. The van der Waals surface area contributed by atoms with Gasteiger partial charge in [-0.05, 0) is 55.7 Å². The average Bonchev–Trinajstić information content (AvgIpc) is 3.34. The Morgan fingerprint density at radius 2 is 1.78 bits per heavy atom. The minimum absolute atomic E-state index is 0.00857. The van der Waals surface area contributed by atoms with Crippen molar-refractivity contribution in [3.8, 4) is 23.0 Å². The van der Waals surface area contributed by atoms with Crippen LogP contribution in [-0.4, -0.2) is 97.0 Å². The van der Waals surface area contributed by atoms with Crippen LogP contribution < -0.4 is 9.47 Å². The lowest BCUT2D eigenvalue weighted by molar-refractivity contribution is -0.278. The molecule has 2 aromatic rings. The molecule has 2 aliphatic heterocycles. The van der Waals surface area contributed by atoms with Gasteiger partial charge in [0.05, 0.1) is 18.6 Å². The summed E-state index contributed by atoms with van der Waals surface area (Å²) in [7, 11) is 0. The number of ketones is 1. The molecule has 10 atom stereocenters. The summed E-state index contributed by atoms with van der Waals surface area (Å²) in [6, 6.07) is 8.58. The van der Waals surface area contributed by atoms with Crippen molar-refractivity contribution in [3.63, 3.8) is 0 Å². The number of hydrogen-bond donors (Lipinski definition) is 7. The van der Waals surface area contributed by atoms with Gasteiger partial charge in [-0.25, -0.2) is 0 Å². The quantitative estimate of drug-likeness (QED) is 0.145. The van der Waals surface area contributed by atoms with Crippen LogP contribution in [0.5, 0.6) is 23.0 Å². The Hall–Kier alpha value is -3.72. The zero-order valence-corrected chi connectivity index (χ0v) is 25.2. The van der Waals surface area contributed by atoms with Crippen LogP contribution in [0.1, 0.15) is 61.1 Å². The first-order valence-electron chi connectivity index (χ1n) is 15.3. The summed E-state index contributed by atoms with van der Waals surface area (Å²) < 4.78 is 22.7. The Labute approximate surface area is 265 Å². The maximum Gasteiger partial charge on any atom is 0.306 e. The predicted octanol–water partition coefficient (Wildman–Crippen LogP) is 1.64. The van der Waals surface area contributed by atoms with E-state index in [-0.39, 0.29) is 53.3 Å². The fraction of sp³-hybridized carbons (Fsp3) is 0.515. The molecule has 2 heterocycles. The molecule has 7 N–H and O–H groups in total. The number of aliphatic hydroxyl groups is 5. The fourth-order valence-electron chi connectivity index (χ4n) is 6.40. The number of fused-ring (bicyclic) bond motifs is 1. The van der Waals surface area contributed by atoms with E-state index in [0.717, 1.165) is 6.07 Å². The van der Waals surface area contributed by atoms with E-state index in [1.807, 2.05) is 0 Å². The van der Waals surface area contributed by atoms with E-state index in [9.17, 15) is 45.3 Å². The average molecular weight is 645 g/mol. The van der Waals surface area contributed by atoms with E-state index in [2.05, 4.69) is 0 Å². The van der Waals surface area contributed by atoms with Gasteiger partial charge in [0.1, 0.15) is 65.7 Å². The zero-order valence-electron chi connectivity index (χ0n) is 25.2. The molecule has 5 rings (SSSR count). The van der Waals surface area contributed by atoms with Crippen molar-refractivity contribution in [1.29, 1.82) is 0 Å². The van der Waals surface area contributed by atoms with Gasteiger partial charge in [-0.15, -0.1) is 0 Å². The monoisotopic (exact) mass is 644 g/mol. The van der Waals surface area contributed by atoms with E-state index < -0.39 is 67.3 Å². The Bertz CT molecular complexity index is 1410. The van der Waals surface area contributed by atoms with Gasteiger partial charge in [0.25, 0.3) is 0 Å². The molecule has 13 heteroatoms. The number of aromatic hydroxyl groups is 2. The lowest BCUT2D eigenvalue weighted by atomic mass is 9.87. The molecule has 46 heavy (non-hydrogen) atoms. The highest BCUT2D eigenvalue weighted by molar-refractivity contribution is 6.02. The number of hydrogen-bond acceptors (Lipinski definition) is 13. The molecule has 0 amide bonds. The van der Waals surface area contributed by atoms with Gasteiger partial charge in [0, 0.05) is 18.6 Å². The summed E-state index contributed by atoms with van der Waals surface area (Å²) in [5.74, 6) is -1.99. The van der Waals surface area contributed by atoms with Crippen LogP contribution in [0.4, 0.5) is 0 Å². The van der Waals surface area contributed by atoms with Gasteiger partial charge < -0.3 is 54.7 Å². The largest absolute Gasteiger partial charge is 0.508 e. The summed E-state index contributed by atoms with van der Waals surface area (Å²) >= 11 is 0. The van der Waals surface area contributed by atoms with Gasteiger partial charge >= 0.3 is 5.97 Å². The molecule has 2 fully saturated rings. The van der Waals surface area contributed by atoms with Crippen LogP contribution in [0, 0.1) is 11.8 Å². The Morgan fingerprint density at radius 1 is 1.04 bits per heavy atom. The molecular formula is C33H40O13. The second-order valence-corrected chi connectivity index (χ2v) is 12.1. The second-order valence-electron chi connectivity index (χ2n) is 12.1. The van der Waals surface area contributed by atoms with Crippen LogP contribution in [-0.2, 0) is 14.3 Å². The summed E-state index contributed by atoms with van der Waals surface area (Å²) in [6.45, 7) is 1.30. The number of phenols is 2. The zero-order chi connectivity index (χ0) is 33.1. The number of carbonyl (C=O) groups excluding carboxylic acids is 2. The van der Waals surface area contributed by atoms with Crippen molar-refractivity contribution < 1.29 is 64.3 Å². The molecule has 0 radical (unpaired) electrons. The summed E-state index contributed by atoms with van der Waals surface area (Å²) in [5, 5.41) is 72.4. The van der Waals surface area contributed by atoms with Gasteiger partial charge in [-0.2, -0.15) is 0 Å². The number of ether oxygens (including phenoxy) is 4. The number of aliphatic hydroxyl groups excluding tert-OH is 5. The first-order chi connectivity index (χ1) is 21.9. The third-order valence-corrected chi connectivity index (χ3v) is 8.86. The van der Waals surface area contributed by atoms with E-state index >= 15 is 0 Å². The third-order valence-electron chi connectivity index (χ3n) is 8.86. The Balaban J connectivity index is 1.22. The molecular weight excluding hydrogens is 604 g/mol. The smallest absolute Gasteiger partial charge is 0.306 e. The number of benzene rings is 2. The van der Waals surface area contributed by atoms with Crippen LogP contribution in [0.25, 0.3) is 0 Å². The maximum absolute atomic E-state index is 12.9. The highest BCUT2D eigenvalue weighted by Gasteiger charge is 2.46. The maximum atomic E-state index is 12.9. The standard InChI is InChI=1S/C33H40O13/c1-2-3-19(35)11-21-17(6-9-22(21)36)10-28(39)43-15-27-30(40)31(41)32(42)33(46-27)44-20-12-23(37)29-24(38)14-25(45-26(29)13-20)16-4-7-18(34)8-5-16/h2-5,7-8,12-13,17,19,21-22,25,27,30-37,40-42H,6,9-11,14-15H2,1H3/b3-2+/t17-,19?,21-,22+,25+,27-,30-,31+,32-,33-/m1/s1.